The molecule has 1 aliphatic carbocycles. The van der Waals surface area contributed by atoms with Crippen LogP contribution >= 0.6 is 0 Å². The van der Waals surface area contributed by atoms with E-state index in [1.54, 1.807) is 12.1 Å². The van der Waals surface area contributed by atoms with Crippen LogP contribution < -0.4 is 10.6 Å². The Balaban J connectivity index is 2.19. The standard InChI is InChI=1S/C14H21FN2/c1-10(2)17(9-11-3-4-11)13-6-5-12(8-16)14(15)7-13/h5-7,10-11H,3-4,8-9,16H2,1-2H3. The van der Waals surface area contributed by atoms with Gasteiger partial charge in [-0.3, -0.25) is 0 Å². The molecule has 0 radical (unpaired) electrons. The molecule has 94 valence electrons. The monoisotopic (exact) mass is 236 g/mol. The summed E-state index contributed by atoms with van der Waals surface area (Å²) in [7, 11) is 0. The van der Waals surface area contributed by atoms with Gasteiger partial charge in [-0.2, -0.15) is 0 Å². The van der Waals surface area contributed by atoms with Crippen LogP contribution in [0.3, 0.4) is 0 Å². The molecule has 17 heavy (non-hydrogen) atoms. The summed E-state index contributed by atoms with van der Waals surface area (Å²) < 4.78 is 13.7. The Morgan fingerprint density at radius 3 is 2.59 bits per heavy atom. The molecule has 0 aromatic heterocycles. The molecule has 1 aromatic carbocycles. The molecule has 1 aliphatic rings. The lowest BCUT2D eigenvalue weighted by molar-refractivity contribution is 0.603. The van der Waals surface area contributed by atoms with Crippen LogP contribution in [0, 0.1) is 11.7 Å². The average molecular weight is 236 g/mol. The summed E-state index contributed by atoms with van der Waals surface area (Å²) in [5.74, 6) is 0.612. The summed E-state index contributed by atoms with van der Waals surface area (Å²) in [6, 6.07) is 5.80. The fourth-order valence-corrected chi connectivity index (χ4v) is 2.07. The van der Waals surface area contributed by atoms with E-state index in [0.29, 0.717) is 11.6 Å². The van der Waals surface area contributed by atoms with E-state index in [9.17, 15) is 4.39 Å². The lowest BCUT2D eigenvalue weighted by atomic mass is 10.1. The van der Waals surface area contributed by atoms with Gasteiger partial charge in [0.15, 0.2) is 0 Å². The van der Waals surface area contributed by atoms with Gasteiger partial charge in [-0.15, -0.1) is 0 Å². The van der Waals surface area contributed by atoms with Crippen molar-refractivity contribution in [2.45, 2.75) is 39.3 Å². The molecule has 1 fully saturated rings. The van der Waals surface area contributed by atoms with Crippen LogP contribution in [0.1, 0.15) is 32.3 Å². The molecule has 0 heterocycles. The Labute approximate surface area is 103 Å². The van der Waals surface area contributed by atoms with Crippen molar-refractivity contribution < 1.29 is 4.39 Å². The maximum atomic E-state index is 13.7. The van der Waals surface area contributed by atoms with E-state index in [-0.39, 0.29) is 12.4 Å². The third-order valence-electron chi connectivity index (χ3n) is 3.36. The number of nitrogens with two attached hydrogens (primary N) is 1. The summed E-state index contributed by atoms with van der Waals surface area (Å²) in [4.78, 5) is 2.28. The van der Waals surface area contributed by atoms with Crippen LogP contribution in [0.5, 0.6) is 0 Å². The van der Waals surface area contributed by atoms with Crippen LogP contribution in [0.4, 0.5) is 10.1 Å². The highest BCUT2D eigenvalue weighted by atomic mass is 19.1. The minimum atomic E-state index is -0.188. The van der Waals surface area contributed by atoms with Crippen molar-refractivity contribution in [2.24, 2.45) is 11.7 Å². The zero-order chi connectivity index (χ0) is 12.4. The number of halogens is 1. The molecule has 0 unspecified atom stereocenters. The maximum absolute atomic E-state index is 13.7. The molecule has 0 atom stereocenters. The molecular formula is C14H21FN2. The van der Waals surface area contributed by atoms with E-state index in [2.05, 4.69) is 18.7 Å². The van der Waals surface area contributed by atoms with Gasteiger partial charge in [0.05, 0.1) is 0 Å². The fourth-order valence-electron chi connectivity index (χ4n) is 2.07. The number of rotatable bonds is 5. The van der Waals surface area contributed by atoms with Crippen LogP contribution in [0.25, 0.3) is 0 Å². The molecule has 3 heteroatoms. The summed E-state index contributed by atoms with van der Waals surface area (Å²) in [6.45, 7) is 5.60. The number of hydrogen-bond acceptors (Lipinski definition) is 2. The first kappa shape index (κ1) is 12.4. The van der Waals surface area contributed by atoms with Crippen LogP contribution in [-0.2, 0) is 6.54 Å². The van der Waals surface area contributed by atoms with E-state index >= 15 is 0 Å². The number of nitrogens with zero attached hydrogens (tertiary/aromatic N) is 1. The van der Waals surface area contributed by atoms with Crippen molar-refractivity contribution >= 4 is 5.69 Å². The Bertz CT molecular complexity index is 386. The van der Waals surface area contributed by atoms with Gasteiger partial charge in [-0.25, -0.2) is 4.39 Å². The quantitative estimate of drug-likeness (QED) is 0.851. The molecule has 0 amide bonds. The first-order valence-corrected chi connectivity index (χ1v) is 6.37. The fraction of sp³-hybridized carbons (Fsp3) is 0.571. The predicted molar refractivity (Wildman–Crippen MR) is 69.5 cm³/mol. The van der Waals surface area contributed by atoms with Crippen molar-refractivity contribution in [1.82, 2.24) is 0 Å². The third kappa shape index (κ3) is 2.97. The van der Waals surface area contributed by atoms with Gasteiger partial charge < -0.3 is 10.6 Å². The normalized spacial score (nSPS) is 15.4. The highest BCUT2D eigenvalue weighted by Crippen LogP contribution is 2.32. The summed E-state index contributed by atoms with van der Waals surface area (Å²) >= 11 is 0. The molecule has 0 saturated heterocycles. The van der Waals surface area contributed by atoms with Crippen molar-refractivity contribution in [2.75, 3.05) is 11.4 Å². The van der Waals surface area contributed by atoms with Crippen molar-refractivity contribution in [1.29, 1.82) is 0 Å². The van der Waals surface area contributed by atoms with Crippen molar-refractivity contribution in [3.63, 3.8) is 0 Å². The van der Waals surface area contributed by atoms with E-state index in [4.69, 9.17) is 5.73 Å². The van der Waals surface area contributed by atoms with Crippen LogP contribution in [0.2, 0.25) is 0 Å². The smallest absolute Gasteiger partial charge is 0.129 e. The first-order valence-electron chi connectivity index (χ1n) is 6.37. The van der Waals surface area contributed by atoms with Gasteiger partial charge in [0.25, 0.3) is 0 Å². The molecule has 0 aliphatic heterocycles. The molecular weight excluding hydrogens is 215 g/mol. The minimum Gasteiger partial charge on any atom is -0.369 e. The van der Waals surface area contributed by atoms with Crippen LogP contribution in [-0.4, -0.2) is 12.6 Å². The van der Waals surface area contributed by atoms with Gasteiger partial charge in [0.2, 0.25) is 0 Å². The number of anilines is 1. The molecule has 0 spiro atoms. The van der Waals surface area contributed by atoms with E-state index in [1.165, 1.54) is 12.8 Å². The lowest BCUT2D eigenvalue weighted by Crippen LogP contribution is -2.32. The second-order valence-corrected chi connectivity index (χ2v) is 5.17. The average Bonchev–Trinajstić information content (AvgIpc) is 3.09. The van der Waals surface area contributed by atoms with Gasteiger partial charge in [-0.1, -0.05) is 6.07 Å². The first-order chi connectivity index (χ1) is 8.11. The Kier molecular flexibility index (Phi) is 3.67. The minimum absolute atomic E-state index is 0.188. The van der Waals surface area contributed by atoms with E-state index in [1.807, 2.05) is 6.07 Å². The van der Waals surface area contributed by atoms with Crippen molar-refractivity contribution in [3.8, 4) is 0 Å². The van der Waals surface area contributed by atoms with Gasteiger partial charge >= 0.3 is 0 Å². The summed E-state index contributed by atoms with van der Waals surface area (Å²) in [5, 5.41) is 0. The van der Waals surface area contributed by atoms with Gasteiger partial charge in [0.1, 0.15) is 5.82 Å². The number of benzene rings is 1. The predicted octanol–water partition coefficient (Wildman–Crippen LogP) is 2.91. The second kappa shape index (κ2) is 5.05. The largest absolute Gasteiger partial charge is 0.369 e. The zero-order valence-corrected chi connectivity index (χ0v) is 10.6. The third-order valence-corrected chi connectivity index (χ3v) is 3.36. The SMILES string of the molecule is CC(C)N(CC1CC1)c1ccc(CN)c(F)c1. The number of hydrogen-bond donors (Lipinski definition) is 1. The molecule has 2 rings (SSSR count). The second-order valence-electron chi connectivity index (χ2n) is 5.17. The zero-order valence-electron chi connectivity index (χ0n) is 10.6. The Morgan fingerprint density at radius 1 is 1.41 bits per heavy atom. The van der Waals surface area contributed by atoms with Crippen LogP contribution in [0.15, 0.2) is 18.2 Å². The Hall–Kier alpha value is -1.09. The maximum Gasteiger partial charge on any atom is 0.129 e. The molecule has 1 aromatic rings. The van der Waals surface area contributed by atoms with E-state index in [0.717, 1.165) is 18.2 Å². The topological polar surface area (TPSA) is 29.3 Å². The molecule has 2 nitrogen and oxygen atoms in total. The lowest BCUT2D eigenvalue weighted by Gasteiger charge is -2.29. The van der Waals surface area contributed by atoms with Gasteiger partial charge in [0, 0.05) is 30.4 Å². The molecule has 2 N–H and O–H groups in total. The highest BCUT2D eigenvalue weighted by Gasteiger charge is 2.25. The molecule has 1 saturated carbocycles. The van der Waals surface area contributed by atoms with Crippen molar-refractivity contribution in [3.05, 3.63) is 29.6 Å². The molecule has 0 bridgehead atoms. The van der Waals surface area contributed by atoms with Gasteiger partial charge in [-0.05, 0) is 44.7 Å². The highest BCUT2D eigenvalue weighted by molar-refractivity contribution is 5.49. The summed E-state index contributed by atoms with van der Waals surface area (Å²) in [5.41, 5.74) is 7.03. The summed E-state index contributed by atoms with van der Waals surface area (Å²) in [6.07, 6.45) is 2.62. The Morgan fingerprint density at radius 2 is 2.12 bits per heavy atom. The van der Waals surface area contributed by atoms with E-state index < -0.39 is 0 Å².